The van der Waals surface area contributed by atoms with Crippen LogP contribution in [0, 0.1) is 6.92 Å². The SMILES string of the molecule is Cc1ccc(S(=O)(=O)n2c(N3CCC[C@H](O)C3)nc3ccccc32)cc1. The molecule has 7 heteroatoms. The van der Waals surface area contributed by atoms with Gasteiger partial charge in [-0.2, -0.15) is 0 Å². The first kappa shape index (κ1) is 17.1. The fourth-order valence-corrected chi connectivity index (χ4v) is 4.85. The molecule has 1 atom stereocenters. The number of β-amino-alcohol motifs (C(OH)–C–C–N with tert-alkyl or cyclic N) is 1. The molecule has 1 aliphatic rings. The van der Waals surface area contributed by atoms with E-state index in [1.807, 2.05) is 17.9 Å². The van der Waals surface area contributed by atoms with Crippen LogP contribution in [0.3, 0.4) is 0 Å². The van der Waals surface area contributed by atoms with E-state index in [0.717, 1.165) is 18.4 Å². The number of piperidine rings is 1. The van der Waals surface area contributed by atoms with Gasteiger partial charge in [0.1, 0.15) is 0 Å². The Bertz CT molecular complexity index is 1040. The molecule has 0 amide bonds. The largest absolute Gasteiger partial charge is 0.391 e. The Morgan fingerprint density at radius 3 is 2.58 bits per heavy atom. The number of imidazole rings is 1. The summed E-state index contributed by atoms with van der Waals surface area (Å²) in [5.74, 6) is 0.366. The zero-order chi connectivity index (χ0) is 18.3. The fraction of sp³-hybridized carbons (Fsp3) is 0.316. The van der Waals surface area contributed by atoms with Gasteiger partial charge in [0.05, 0.1) is 22.0 Å². The average Bonchev–Trinajstić information content (AvgIpc) is 3.02. The Hall–Kier alpha value is -2.38. The molecule has 3 aromatic rings. The molecule has 2 aromatic carbocycles. The summed E-state index contributed by atoms with van der Waals surface area (Å²) in [6.45, 7) is 2.97. The van der Waals surface area contributed by atoms with Crippen LogP contribution in [0.4, 0.5) is 5.95 Å². The van der Waals surface area contributed by atoms with E-state index in [-0.39, 0.29) is 4.90 Å². The van der Waals surface area contributed by atoms with Gasteiger partial charge in [-0.15, -0.1) is 0 Å². The van der Waals surface area contributed by atoms with Gasteiger partial charge in [0.15, 0.2) is 0 Å². The number of rotatable bonds is 3. The van der Waals surface area contributed by atoms with Crippen LogP contribution in [-0.2, 0) is 10.0 Å². The Morgan fingerprint density at radius 2 is 1.85 bits per heavy atom. The maximum atomic E-state index is 13.4. The van der Waals surface area contributed by atoms with E-state index in [9.17, 15) is 13.5 Å². The third kappa shape index (κ3) is 2.87. The normalized spacial score (nSPS) is 18.4. The van der Waals surface area contributed by atoms with Crippen molar-refractivity contribution < 1.29 is 13.5 Å². The highest BCUT2D eigenvalue weighted by molar-refractivity contribution is 7.90. The standard InChI is InChI=1S/C19H21N3O3S/c1-14-8-10-16(11-9-14)26(24,25)22-18-7-3-2-6-17(18)20-19(22)21-12-4-5-15(23)13-21/h2-3,6-11,15,23H,4-5,12-13H2,1H3/t15-/m0/s1. The smallest absolute Gasteiger partial charge is 0.271 e. The number of aryl methyl sites for hydroxylation is 1. The predicted octanol–water partition coefficient (Wildman–Crippen LogP) is 2.54. The third-order valence-electron chi connectivity index (χ3n) is 4.74. The number of aromatic nitrogens is 2. The maximum Gasteiger partial charge on any atom is 0.271 e. The molecule has 1 aliphatic heterocycles. The second-order valence-corrected chi connectivity index (χ2v) is 8.51. The highest BCUT2D eigenvalue weighted by Crippen LogP contribution is 2.30. The Balaban J connectivity index is 1.92. The first-order valence-corrected chi connectivity index (χ1v) is 10.1. The number of nitrogens with zero attached hydrogens (tertiary/aromatic N) is 3. The lowest BCUT2D eigenvalue weighted by atomic mass is 10.1. The molecule has 2 heterocycles. The Kier molecular flexibility index (Phi) is 4.20. The quantitative estimate of drug-likeness (QED) is 0.766. The summed E-state index contributed by atoms with van der Waals surface area (Å²) >= 11 is 0. The molecule has 1 aromatic heterocycles. The van der Waals surface area contributed by atoms with Crippen molar-refractivity contribution in [3.05, 3.63) is 54.1 Å². The van der Waals surface area contributed by atoms with Gasteiger partial charge < -0.3 is 10.0 Å². The third-order valence-corrected chi connectivity index (χ3v) is 6.45. The number of anilines is 1. The molecule has 0 unspecified atom stereocenters. The first-order chi connectivity index (χ1) is 12.5. The van der Waals surface area contributed by atoms with Crippen LogP contribution in [0.15, 0.2) is 53.4 Å². The minimum atomic E-state index is -3.81. The van der Waals surface area contributed by atoms with Crippen LogP contribution in [0.25, 0.3) is 11.0 Å². The number of hydrogen-bond acceptors (Lipinski definition) is 5. The van der Waals surface area contributed by atoms with Gasteiger partial charge in [0, 0.05) is 13.1 Å². The van der Waals surface area contributed by atoms with Crippen molar-refractivity contribution in [3.8, 4) is 0 Å². The highest BCUT2D eigenvalue weighted by atomic mass is 32.2. The maximum absolute atomic E-state index is 13.4. The summed E-state index contributed by atoms with van der Waals surface area (Å²) in [6, 6.07) is 14.0. The van der Waals surface area contributed by atoms with Gasteiger partial charge >= 0.3 is 0 Å². The molecule has 0 saturated carbocycles. The first-order valence-electron chi connectivity index (χ1n) is 8.69. The monoisotopic (exact) mass is 371 g/mol. The molecule has 1 N–H and O–H groups in total. The molecule has 6 nitrogen and oxygen atoms in total. The highest BCUT2D eigenvalue weighted by Gasteiger charge is 2.29. The van der Waals surface area contributed by atoms with Gasteiger partial charge in [-0.3, -0.25) is 0 Å². The van der Waals surface area contributed by atoms with Crippen LogP contribution >= 0.6 is 0 Å². The molecule has 0 spiro atoms. The van der Waals surface area contributed by atoms with E-state index in [0.29, 0.717) is 30.1 Å². The topological polar surface area (TPSA) is 75.4 Å². The molecule has 0 bridgehead atoms. The Morgan fingerprint density at radius 1 is 1.12 bits per heavy atom. The zero-order valence-electron chi connectivity index (χ0n) is 14.5. The van der Waals surface area contributed by atoms with E-state index in [1.54, 1.807) is 42.5 Å². The van der Waals surface area contributed by atoms with Crippen LogP contribution in [-0.4, -0.2) is 41.7 Å². The molecule has 26 heavy (non-hydrogen) atoms. The average molecular weight is 371 g/mol. The van der Waals surface area contributed by atoms with Gasteiger partial charge in [0.2, 0.25) is 5.95 Å². The second-order valence-electron chi connectivity index (χ2n) is 6.73. The molecule has 0 radical (unpaired) electrons. The van der Waals surface area contributed by atoms with Crippen molar-refractivity contribution in [2.45, 2.75) is 30.8 Å². The van der Waals surface area contributed by atoms with Crippen molar-refractivity contribution in [1.82, 2.24) is 8.96 Å². The molecular formula is C19H21N3O3S. The van der Waals surface area contributed by atoms with Crippen molar-refractivity contribution >= 4 is 27.0 Å². The molecule has 1 saturated heterocycles. The minimum absolute atomic E-state index is 0.227. The van der Waals surface area contributed by atoms with Crippen molar-refractivity contribution in [3.63, 3.8) is 0 Å². The van der Waals surface area contributed by atoms with Crippen molar-refractivity contribution in [1.29, 1.82) is 0 Å². The van der Waals surface area contributed by atoms with Crippen LogP contribution < -0.4 is 4.90 Å². The summed E-state index contributed by atoms with van der Waals surface area (Å²) in [5.41, 5.74) is 2.17. The molecule has 136 valence electrons. The molecule has 1 fully saturated rings. The molecule has 0 aliphatic carbocycles. The lowest BCUT2D eigenvalue weighted by Gasteiger charge is -2.31. The molecular weight excluding hydrogens is 350 g/mol. The number of aliphatic hydroxyl groups is 1. The van der Waals surface area contributed by atoms with E-state index < -0.39 is 16.1 Å². The van der Waals surface area contributed by atoms with Crippen molar-refractivity contribution in [2.75, 3.05) is 18.0 Å². The van der Waals surface area contributed by atoms with E-state index >= 15 is 0 Å². The van der Waals surface area contributed by atoms with Gasteiger partial charge in [-0.1, -0.05) is 29.8 Å². The number of aliphatic hydroxyl groups excluding tert-OH is 1. The van der Waals surface area contributed by atoms with E-state index in [1.165, 1.54) is 3.97 Å². The number of benzene rings is 2. The summed E-state index contributed by atoms with van der Waals surface area (Å²) in [7, 11) is -3.81. The van der Waals surface area contributed by atoms with Crippen molar-refractivity contribution in [2.24, 2.45) is 0 Å². The summed E-state index contributed by atoms with van der Waals surface area (Å²) in [6.07, 6.45) is 1.05. The number of fused-ring (bicyclic) bond motifs is 1. The van der Waals surface area contributed by atoms with Crippen LogP contribution in [0.1, 0.15) is 18.4 Å². The molecule has 4 rings (SSSR count). The second kappa shape index (κ2) is 6.41. The Labute approximate surface area is 152 Å². The predicted molar refractivity (Wildman–Crippen MR) is 101 cm³/mol. The van der Waals surface area contributed by atoms with Gasteiger partial charge in [-0.05, 0) is 44.0 Å². The summed E-state index contributed by atoms with van der Waals surface area (Å²) in [4.78, 5) is 6.67. The van der Waals surface area contributed by atoms with Gasteiger partial charge in [0.25, 0.3) is 10.0 Å². The number of para-hydroxylation sites is 2. The van der Waals surface area contributed by atoms with E-state index in [4.69, 9.17) is 0 Å². The van der Waals surface area contributed by atoms with E-state index in [2.05, 4.69) is 4.98 Å². The van der Waals surface area contributed by atoms with Gasteiger partial charge in [-0.25, -0.2) is 17.4 Å². The van der Waals surface area contributed by atoms with Crippen LogP contribution in [0.2, 0.25) is 0 Å². The fourth-order valence-electron chi connectivity index (χ4n) is 3.38. The minimum Gasteiger partial charge on any atom is -0.391 e. The van der Waals surface area contributed by atoms with Crippen LogP contribution in [0.5, 0.6) is 0 Å². The zero-order valence-corrected chi connectivity index (χ0v) is 15.4. The lowest BCUT2D eigenvalue weighted by Crippen LogP contribution is -2.40. The summed E-state index contributed by atoms with van der Waals surface area (Å²) in [5, 5.41) is 10.0. The summed E-state index contributed by atoms with van der Waals surface area (Å²) < 4.78 is 28.1. The lowest BCUT2D eigenvalue weighted by molar-refractivity contribution is 0.153. The number of hydrogen-bond donors (Lipinski definition) is 1.